The number of benzene rings is 2. The number of alkyl halides is 3. The fourth-order valence-corrected chi connectivity index (χ4v) is 3.30. The van der Waals surface area contributed by atoms with E-state index in [1.165, 1.54) is 12.1 Å². The van der Waals surface area contributed by atoms with Crippen LogP contribution in [0.2, 0.25) is 0 Å². The highest BCUT2D eigenvalue weighted by molar-refractivity contribution is 6.10. The van der Waals surface area contributed by atoms with Crippen molar-refractivity contribution in [1.29, 1.82) is 0 Å². The number of hydrogen-bond acceptors (Lipinski definition) is 3. The smallest absolute Gasteiger partial charge is 0.324 e. The van der Waals surface area contributed by atoms with Crippen LogP contribution in [-0.4, -0.2) is 29.3 Å². The van der Waals surface area contributed by atoms with Gasteiger partial charge in [-0.2, -0.15) is 13.2 Å². The molecule has 3 rings (SSSR count). The van der Waals surface area contributed by atoms with Crippen molar-refractivity contribution < 1.29 is 27.6 Å². The van der Waals surface area contributed by atoms with Crippen molar-refractivity contribution in [3.05, 3.63) is 65.7 Å². The monoisotopic (exact) mass is 405 g/mol. The van der Waals surface area contributed by atoms with Crippen molar-refractivity contribution in [1.82, 2.24) is 10.2 Å². The van der Waals surface area contributed by atoms with Crippen LogP contribution in [0.15, 0.2) is 54.6 Å². The van der Waals surface area contributed by atoms with Gasteiger partial charge in [0.1, 0.15) is 12.1 Å². The molecular weight excluding hydrogens is 387 g/mol. The van der Waals surface area contributed by atoms with Crippen molar-refractivity contribution in [2.45, 2.75) is 25.1 Å². The lowest BCUT2D eigenvalue weighted by molar-refractivity contribution is -0.137. The van der Waals surface area contributed by atoms with E-state index in [9.17, 15) is 27.6 Å². The predicted molar refractivity (Wildman–Crippen MR) is 98.7 cm³/mol. The number of anilines is 1. The maximum Gasteiger partial charge on any atom is 0.418 e. The van der Waals surface area contributed by atoms with Crippen LogP contribution in [0, 0.1) is 0 Å². The SMILES string of the molecule is CCC1(c2ccccc2)NC(=O)N(CC(=O)Nc2ccccc2C(F)(F)F)C1=O. The number of para-hydroxylation sites is 1. The van der Waals surface area contributed by atoms with Gasteiger partial charge in [-0.3, -0.25) is 14.5 Å². The second-order valence-corrected chi connectivity index (χ2v) is 6.54. The van der Waals surface area contributed by atoms with Crippen LogP contribution in [0.4, 0.5) is 23.7 Å². The third-order valence-electron chi connectivity index (χ3n) is 4.78. The Hall–Kier alpha value is -3.36. The van der Waals surface area contributed by atoms with Crippen LogP contribution in [-0.2, 0) is 21.3 Å². The molecule has 2 aromatic carbocycles. The standard InChI is InChI=1S/C20H18F3N3O3/c1-2-19(13-8-4-3-5-9-13)17(28)26(18(29)25-19)12-16(27)24-15-11-7-6-10-14(15)20(21,22)23/h3-11H,2,12H2,1H3,(H,24,27)(H,25,29). The number of rotatable bonds is 5. The molecule has 0 aliphatic carbocycles. The van der Waals surface area contributed by atoms with Gasteiger partial charge in [-0.05, 0) is 24.1 Å². The fraction of sp³-hybridized carbons (Fsp3) is 0.250. The lowest BCUT2D eigenvalue weighted by Crippen LogP contribution is -2.44. The molecule has 0 bridgehead atoms. The van der Waals surface area contributed by atoms with Crippen LogP contribution >= 0.6 is 0 Å². The van der Waals surface area contributed by atoms with Crippen molar-refractivity contribution in [2.24, 2.45) is 0 Å². The molecule has 0 saturated carbocycles. The molecule has 0 aromatic heterocycles. The van der Waals surface area contributed by atoms with E-state index in [2.05, 4.69) is 10.6 Å². The Bertz CT molecular complexity index is 947. The number of imide groups is 1. The normalized spacial score (nSPS) is 19.2. The molecule has 2 aromatic rings. The van der Waals surface area contributed by atoms with Gasteiger partial charge in [-0.15, -0.1) is 0 Å². The number of carbonyl (C=O) groups excluding carboxylic acids is 3. The summed E-state index contributed by atoms with van der Waals surface area (Å²) in [6.07, 6.45) is -4.41. The van der Waals surface area contributed by atoms with Crippen LogP contribution < -0.4 is 10.6 Å². The number of amides is 4. The van der Waals surface area contributed by atoms with E-state index in [0.717, 1.165) is 12.1 Å². The van der Waals surface area contributed by atoms with E-state index in [1.807, 2.05) is 0 Å². The van der Waals surface area contributed by atoms with Gasteiger partial charge in [0.15, 0.2) is 0 Å². The first-order chi connectivity index (χ1) is 13.7. The molecular formula is C20H18F3N3O3. The quantitative estimate of drug-likeness (QED) is 0.748. The second kappa shape index (κ2) is 7.57. The van der Waals surface area contributed by atoms with Gasteiger partial charge in [0.2, 0.25) is 5.91 Å². The molecule has 1 saturated heterocycles. The van der Waals surface area contributed by atoms with Gasteiger partial charge >= 0.3 is 12.2 Å². The van der Waals surface area contributed by atoms with Crippen LogP contribution in [0.3, 0.4) is 0 Å². The van der Waals surface area contributed by atoms with Crippen molar-refractivity contribution in [2.75, 3.05) is 11.9 Å². The first-order valence-corrected chi connectivity index (χ1v) is 8.85. The summed E-state index contributed by atoms with van der Waals surface area (Å²) in [5.41, 5.74) is -2.21. The fourth-order valence-electron chi connectivity index (χ4n) is 3.30. The van der Waals surface area contributed by atoms with E-state index in [1.54, 1.807) is 37.3 Å². The third-order valence-corrected chi connectivity index (χ3v) is 4.78. The largest absolute Gasteiger partial charge is 0.418 e. The highest BCUT2D eigenvalue weighted by atomic mass is 19.4. The third kappa shape index (κ3) is 3.80. The van der Waals surface area contributed by atoms with Crippen LogP contribution in [0.25, 0.3) is 0 Å². The summed E-state index contributed by atoms with van der Waals surface area (Å²) >= 11 is 0. The van der Waals surface area contributed by atoms with Crippen LogP contribution in [0.1, 0.15) is 24.5 Å². The molecule has 29 heavy (non-hydrogen) atoms. The summed E-state index contributed by atoms with van der Waals surface area (Å²) in [6, 6.07) is 12.3. The summed E-state index contributed by atoms with van der Waals surface area (Å²) in [6.45, 7) is 1.01. The average Bonchev–Trinajstić information content (AvgIpc) is 2.93. The molecule has 1 unspecified atom stereocenters. The Kier molecular flexibility index (Phi) is 5.32. The maximum absolute atomic E-state index is 13.1. The lowest BCUT2D eigenvalue weighted by atomic mass is 9.87. The van der Waals surface area contributed by atoms with Crippen molar-refractivity contribution in [3.63, 3.8) is 0 Å². The Balaban J connectivity index is 1.80. The number of nitrogens with one attached hydrogen (secondary N) is 2. The molecule has 2 N–H and O–H groups in total. The molecule has 1 atom stereocenters. The zero-order valence-corrected chi connectivity index (χ0v) is 15.4. The van der Waals surface area contributed by atoms with Gasteiger partial charge in [-0.25, -0.2) is 4.79 Å². The Morgan fingerprint density at radius 1 is 1.07 bits per heavy atom. The van der Waals surface area contributed by atoms with Gasteiger partial charge < -0.3 is 10.6 Å². The molecule has 0 radical (unpaired) electrons. The molecule has 1 heterocycles. The zero-order chi connectivity index (χ0) is 21.2. The Morgan fingerprint density at radius 2 is 1.69 bits per heavy atom. The summed E-state index contributed by atoms with van der Waals surface area (Å²) in [5, 5.41) is 4.75. The summed E-state index contributed by atoms with van der Waals surface area (Å²) in [7, 11) is 0. The number of urea groups is 1. The average molecular weight is 405 g/mol. The molecule has 1 fully saturated rings. The predicted octanol–water partition coefficient (Wildman–Crippen LogP) is 3.50. The Morgan fingerprint density at radius 3 is 2.31 bits per heavy atom. The van der Waals surface area contributed by atoms with E-state index in [4.69, 9.17) is 0 Å². The molecule has 0 spiro atoms. The molecule has 152 valence electrons. The van der Waals surface area contributed by atoms with E-state index in [0.29, 0.717) is 10.5 Å². The molecule has 1 aliphatic rings. The van der Waals surface area contributed by atoms with Gasteiger partial charge in [-0.1, -0.05) is 49.4 Å². The highest BCUT2D eigenvalue weighted by Gasteiger charge is 2.51. The minimum Gasteiger partial charge on any atom is -0.324 e. The topological polar surface area (TPSA) is 78.5 Å². The molecule has 1 aliphatic heterocycles. The van der Waals surface area contributed by atoms with Gasteiger partial charge in [0, 0.05) is 0 Å². The van der Waals surface area contributed by atoms with E-state index < -0.39 is 47.4 Å². The number of carbonyl (C=O) groups is 3. The molecule has 4 amide bonds. The highest BCUT2D eigenvalue weighted by Crippen LogP contribution is 2.35. The number of hydrogen-bond donors (Lipinski definition) is 2. The first kappa shape index (κ1) is 20.4. The lowest BCUT2D eigenvalue weighted by Gasteiger charge is -2.25. The molecule has 9 heteroatoms. The van der Waals surface area contributed by atoms with E-state index in [-0.39, 0.29) is 6.42 Å². The van der Waals surface area contributed by atoms with Crippen molar-refractivity contribution >= 4 is 23.5 Å². The van der Waals surface area contributed by atoms with Gasteiger partial charge in [0.05, 0.1) is 11.3 Å². The zero-order valence-electron chi connectivity index (χ0n) is 15.4. The van der Waals surface area contributed by atoms with E-state index >= 15 is 0 Å². The first-order valence-electron chi connectivity index (χ1n) is 8.85. The Labute approximate surface area is 164 Å². The minimum absolute atomic E-state index is 0.247. The summed E-state index contributed by atoms with van der Waals surface area (Å²) < 4.78 is 39.2. The van der Waals surface area contributed by atoms with Gasteiger partial charge in [0.25, 0.3) is 5.91 Å². The minimum atomic E-state index is -4.66. The summed E-state index contributed by atoms with van der Waals surface area (Å²) in [5.74, 6) is -1.54. The number of nitrogens with zero attached hydrogens (tertiary/aromatic N) is 1. The maximum atomic E-state index is 13.1. The van der Waals surface area contributed by atoms with Crippen LogP contribution in [0.5, 0.6) is 0 Å². The summed E-state index contributed by atoms with van der Waals surface area (Å²) in [4.78, 5) is 38.4. The second-order valence-electron chi connectivity index (χ2n) is 6.54. The van der Waals surface area contributed by atoms with Crippen molar-refractivity contribution in [3.8, 4) is 0 Å². The molecule has 6 nitrogen and oxygen atoms in total. The number of halogens is 3.